The van der Waals surface area contributed by atoms with E-state index in [1.54, 1.807) is 11.8 Å². The number of nitrogens with one attached hydrogen (secondary N) is 1. The molecule has 1 N–H and O–H groups in total. The third-order valence-corrected chi connectivity index (χ3v) is 5.61. The summed E-state index contributed by atoms with van der Waals surface area (Å²) in [5.74, 6) is -0.826. The number of nitrogens with zero attached hydrogens (tertiary/aromatic N) is 2. The molecule has 1 amide bonds. The predicted octanol–water partition coefficient (Wildman–Crippen LogP) is 4.45. The van der Waals surface area contributed by atoms with Crippen LogP contribution in [0.2, 0.25) is 0 Å². The zero-order valence-corrected chi connectivity index (χ0v) is 17.2. The van der Waals surface area contributed by atoms with Crippen LogP contribution < -0.4 is 10.9 Å². The molecule has 0 radical (unpaired) electrons. The van der Waals surface area contributed by atoms with E-state index in [0.29, 0.717) is 12.2 Å². The molecule has 0 aliphatic rings. The molecular weight excluding hydrogens is 413 g/mol. The highest BCUT2D eigenvalue weighted by molar-refractivity contribution is 7.99. The van der Waals surface area contributed by atoms with Gasteiger partial charge in [0.05, 0.1) is 5.69 Å². The van der Waals surface area contributed by atoms with Crippen LogP contribution in [0.3, 0.4) is 0 Å². The number of rotatable bonds is 6. The standard InChI is InChI=1S/C24H18FN3O2S/c25-18-10-12-19(13-11-18)28-23(29)15-14-21(27-28)24(30)26-16-17-6-4-5-9-22(17)31-20-7-2-1-3-8-20/h1-15H,16H2,(H,26,30). The monoisotopic (exact) mass is 431 g/mol. The minimum atomic E-state index is -0.419. The third-order valence-electron chi connectivity index (χ3n) is 4.49. The second-order valence-electron chi connectivity index (χ2n) is 6.65. The molecule has 154 valence electrons. The molecule has 0 atom stereocenters. The second kappa shape index (κ2) is 9.40. The van der Waals surface area contributed by atoms with Gasteiger partial charge in [0.1, 0.15) is 11.5 Å². The lowest BCUT2D eigenvalue weighted by Crippen LogP contribution is -2.28. The smallest absolute Gasteiger partial charge is 0.272 e. The number of carbonyl (C=O) groups excluding carboxylic acids is 1. The summed E-state index contributed by atoms with van der Waals surface area (Å²) in [5.41, 5.74) is 1.03. The van der Waals surface area contributed by atoms with Crippen molar-refractivity contribution in [1.82, 2.24) is 15.1 Å². The first-order chi connectivity index (χ1) is 15.1. The van der Waals surface area contributed by atoms with Gasteiger partial charge in [-0.05, 0) is 54.1 Å². The zero-order valence-electron chi connectivity index (χ0n) is 16.4. The summed E-state index contributed by atoms with van der Waals surface area (Å²) in [4.78, 5) is 27.0. The Morgan fingerprint density at radius 1 is 0.903 bits per heavy atom. The lowest BCUT2D eigenvalue weighted by molar-refractivity contribution is 0.0944. The highest BCUT2D eigenvalue weighted by Crippen LogP contribution is 2.30. The minimum Gasteiger partial charge on any atom is -0.347 e. The van der Waals surface area contributed by atoms with Gasteiger partial charge in [-0.1, -0.05) is 48.2 Å². The van der Waals surface area contributed by atoms with E-state index in [-0.39, 0.29) is 5.69 Å². The van der Waals surface area contributed by atoms with Crippen molar-refractivity contribution >= 4 is 17.7 Å². The Hall–Kier alpha value is -3.71. The largest absolute Gasteiger partial charge is 0.347 e. The zero-order chi connectivity index (χ0) is 21.6. The maximum Gasteiger partial charge on any atom is 0.272 e. The van der Waals surface area contributed by atoms with E-state index in [2.05, 4.69) is 10.4 Å². The van der Waals surface area contributed by atoms with E-state index in [9.17, 15) is 14.0 Å². The average Bonchev–Trinajstić information content (AvgIpc) is 2.80. The molecule has 4 aromatic rings. The van der Waals surface area contributed by atoms with E-state index < -0.39 is 17.3 Å². The lowest BCUT2D eigenvalue weighted by Gasteiger charge is -2.11. The maximum absolute atomic E-state index is 13.2. The van der Waals surface area contributed by atoms with Gasteiger partial charge in [-0.15, -0.1) is 0 Å². The van der Waals surface area contributed by atoms with Crippen molar-refractivity contribution in [1.29, 1.82) is 0 Å². The summed E-state index contributed by atoms with van der Waals surface area (Å²) in [6.07, 6.45) is 0. The van der Waals surface area contributed by atoms with Gasteiger partial charge in [0, 0.05) is 22.4 Å². The van der Waals surface area contributed by atoms with E-state index in [0.717, 1.165) is 20.0 Å². The van der Waals surface area contributed by atoms with Crippen LogP contribution in [0.4, 0.5) is 4.39 Å². The van der Waals surface area contributed by atoms with Crippen LogP contribution in [0, 0.1) is 5.82 Å². The predicted molar refractivity (Wildman–Crippen MR) is 118 cm³/mol. The molecule has 3 aromatic carbocycles. The first-order valence-electron chi connectivity index (χ1n) is 9.55. The summed E-state index contributed by atoms with van der Waals surface area (Å²) >= 11 is 1.62. The fraction of sp³-hybridized carbons (Fsp3) is 0.0417. The van der Waals surface area contributed by atoms with Crippen molar-refractivity contribution < 1.29 is 9.18 Å². The first kappa shape index (κ1) is 20.6. The molecule has 7 heteroatoms. The molecule has 1 heterocycles. The Labute approximate surface area is 182 Å². The molecule has 0 unspecified atom stereocenters. The van der Waals surface area contributed by atoms with Gasteiger partial charge in [-0.2, -0.15) is 9.78 Å². The molecule has 0 spiro atoms. The van der Waals surface area contributed by atoms with Crippen LogP contribution in [-0.4, -0.2) is 15.7 Å². The van der Waals surface area contributed by atoms with Crippen LogP contribution in [-0.2, 0) is 6.54 Å². The Kier molecular flexibility index (Phi) is 6.24. The SMILES string of the molecule is O=C(NCc1ccccc1Sc1ccccc1)c1ccc(=O)n(-c2ccc(F)cc2)n1. The van der Waals surface area contributed by atoms with E-state index in [1.165, 1.54) is 36.4 Å². The third kappa shape index (κ3) is 5.07. The van der Waals surface area contributed by atoms with Crippen molar-refractivity contribution in [3.63, 3.8) is 0 Å². The van der Waals surface area contributed by atoms with Gasteiger partial charge in [0.2, 0.25) is 0 Å². The molecule has 0 bridgehead atoms. The highest BCUT2D eigenvalue weighted by Gasteiger charge is 2.12. The van der Waals surface area contributed by atoms with Crippen molar-refractivity contribution in [3.05, 3.63) is 118 Å². The Morgan fingerprint density at radius 2 is 1.61 bits per heavy atom. The van der Waals surface area contributed by atoms with Crippen molar-refractivity contribution in [3.8, 4) is 5.69 Å². The van der Waals surface area contributed by atoms with E-state index >= 15 is 0 Å². The number of hydrogen-bond donors (Lipinski definition) is 1. The van der Waals surface area contributed by atoms with Gasteiger partial charge in [0.25, 0.3) is 11.5 Å². The lowest BCUT2D eigenvalue weighted by atomic mass is 10.2. The van der Waals surface area contributed by atoms with Crippen LogP contribution in [0.25, 0.3) is 5.69 Å². The molecule has 0 saturated carbocycles. The van der Waals surface area contributed by atoms with Crippen molar-refractivity contribution in [2.45, 2.75) is 16.3 Å². The number of amides is 1. The molecule has 1 aromatic heterocycles. The molecule has 0 aliphatic heterocycles. The van der Waals surface area contributed by atoms with Crippen LogP contribution in [0.15, 0.2) is 106 Å². The summed E-state index contributed by atoms with van der Waals surface area (Å²) in [5, 5.41) is 7.00. The van der Waals surface area contributed by atoms with Gasteiger partial charge in [0.15, 0.2) is 0 Å². The summed E-state index contributed by atoms with van der Waals surface area (Å²) in [7, 11) is 0. The quantitative estimate of drug-likeness (QED) is 0.490. The fourth-order valence-corrected chi connectivity index (χ4v) is 3.90. The fourth-order valence-electron chi connectivity index (χ4n) is 2.93. The summed E-state index contributed by atoms with van der Waals surface area (Å²) < 4.78 is 14.2. The Morgan fingerprint density at radius 3 is 2.39 bits per heavy atom. The topological polar surface area (TPSA) is 64.0 Å². The Balaban J connectivity index is 1.50. The molecular formula is C24H18FN3O2S. The molecule has 0 aliphatic carbocycles. The van der Waals surface area contributed by atoms with Crippen LogP contribution in [0.1, 0.15) is 16.1 Å². The molecule has 4 rings (SSSR count). The normalized spacial score (nSPS) is 10.6. The number of aromatic nitrogens is 2. The number of benzene rings is 3. The Bertz CT molecular complexity index is 1260. The molecule has 31 heavy (non-hydrogen) atoms. The second-order valence-corrected chi connectivity index (χ2v) is 7.77. The van der Waals surface area contributed by atoms with E-state index in [4.69, 9.17) is 0 Å². The summed E-state index contributed by atoms with van der Waals surface area (Å²) in [6.45, 7) is 0.312. The van der Waals surface area contributed by atoms with Crippen molar-refractivity contribution in [2.24, 2.45) is 0 Å². The maximum atomic E-state index is 13.2. The number of halogens is 1. The number of carbonyl (C=O) groups is 1. The number of hydrogen-bond acceptors (Lipinski definition) is 4. The molecule has 0 fully saturated rings. The minimum absolute atomic E-state index is 0.0946. The highest BCUT2D eigenvalue weighted by atomic mass is 32.2. The van der Waals surface area contributed by atoms with Crippen molar-refractivity contribution in [2.75, 3.05) is 0 Å². The van der Waals surface area contributed by atoms with Crippen LogP contribution >= 0.6 is 11.8 Å². The molecule has 0 saturated heterocycles. The molecule has 5 nitrogen and oxygen atoms in total. The van der Waals surface area contributed by atoms with Gasteiger partial charge in [-0.25, -0.2) is 4.39 Å². The van der Waals surface area contributed by atoms with Gasteiger partial charge >= 0.3 is 0 Å². The van der Waals surface area contributed by atoms with Gasteiger partial charge in [-0.3, -0.25) is 9.59 Å². The average molecular weight is 431 g/mol. The van der Waals surface area contributed by atoms with Crippen LogP contribution in [0.5, 0.6) is 0 Å². The van der Waals surface area contributed by atoms with E-state index in [1.807, 2.05) is 54.6 Å². The first-order valence-corrected chi connectivity index (χ1v) is 10.4. The van der Waals surface area contributed by atoms with Gasteiger partial charge < -0.3 is 5.32 Å². The summed E-state index contributed by atoms with van der Waals surface area (Å²) in [6, 6.07) is 25.8.